The number of nitrogens with two attached hydrogens (primary N) is 1. The number of hydrogen-bond acceptors (Lipinski definition) is 13. The van der Waals surface area contributed by atoms with Crippen LogP contribution in [0.1, 0.15) is 74.9 Å². The number of amides is 2. The number of urea groups is 1. The summed E-state index contributed by atoms with van der Waals surface area (Å²) in [6, 6.07) is 14.4. The zero-order valence-corrected chi connectivity index (χ0v) is 38.1. The number of sulfonamides is 2. The molecule has 0 spiro atoms. The number of likely N-dealkylation sites (tertiary alicyclic amines) is 2. The maximum Gasteiger partial charge on any atom is 0.332 e. The van der Waals surface area contributed by atoms with Gasteiger partial charge in [-0.2, -0.15) is 10.5 Å². The maximum atomic E-state index is 14.4. The molecule has 0 radical (unpaired) electrons. The molecule has 2 fully saturated rings. The zero-order chi connectivity index (χ0) is 47.4. The molecule has 0 aliphatic carbocycles. The molecule has 20 heteroatoms. The lowest BCUT2D eigenvalue weighted by molar-refractivity contribution is 0.256. The van der Waals surface area contributed by atoms with Crippen molar-refractivity contribution in [3.63, 3.8) is 0 Å². The second-order valence-corrected chi connectivity index (χ2v) is 19.8. The molecule has 6 rings (SSSR count). The summed E-state index contributed by atoms with van der Waals surface area (Å²) in [5.74, 6) is -0.608. The number of pyridine rings is 2. The van der Waals surface area contributed by atoms with Crippen LogP contribution in [0, 0.1) is 57.6 Å². The van der Waals surface area contributed by atoms with Crippen molar-refractivity contribution in [3.05, 3.63) is 95.1 Å². The Kier molecular flexibility index (Phi) is 17.8. The second-order valence-electron chi connectivity index (χ2n) is 16.4. The summed E-state index contributed by atoms with van der Waals surface area (Å²) >= 11 is 0. The predicted molar refractivity (Wildman–Crippen MR) is 238 cm³/mol. The van der Waals surface area contributed by atoms with E-state index in [4.69, 9.17) is 25.7 Å². The number of hydrogen-bond donors (Lipinski definition) is 3. The van der Waals surface area contributed by atoms with Crippen molar-refractivity contribution in [2.45, 2.75) is 52.4 Å². The molecule has 16 nitrogen and oxygen atoms in total. The average molecular weight is 919 g/mol. The molecular formula is C44H52F2N10O6S2. The summed E-state index contributed by atoms with van der Waals surface area (Å²) < 4.78 is 81.7. The van der Waals surface area contributed by atoms with Gasteiger partial charge >= 0.3 is 6.03 Å². The van der Waals surface area contributed by atoms with Gasteiger partial charge in [0, 0.05) is 42.2 Å². The first-order chi connectivity index (χ1) is 30.1. The van der Waals surface area contributed by atoms with E-state index >= 15 is 0 Å². The fraction of sp³-hybridized carbons (Fsp3) is 0.409. The minimum Gasteiger partial charge on any atom is -0.387 e. The Labute approximate surface area is 373 Å². The molecule has 0 bridgehead atoms. The lowest BCUT2D eigenvalue weighted by Gasteiger charge is -2.19. The lowest BCUT2D eigenvalue weighted by Crippen LogP contribution is -2.38. The van der Waals surface area contributed by atoms with Crippen molar-refractivity contribution in [1.29, 1.82) is 15.8 Å². The van der Waals surface area contributed by atoms with Gasteiger partial charge in [0.15, 0.2) is 5.75 Å². The number of anilines is 1. The van der Waals surface area contributed by atoms with Crippen LogP contribution in [0.2, 0.25) is 0 Å². The van der Waals surface area contributed by atoms with Crippen LogP contribution in [0.15, 0.2) is 60.9 Å². The third-order valence-electron chi connectivity index (χ3n) is 10.4. The second kappa shape index (κ2) is 22.5. The van der Waals surface area contributed by atoms with E-state index in [-0.39, 0.29) is 52.3 Å². The van der Waals surface area contributed by atoms with E-state index < -0.39 is 37.7 Å². The number of nitriles is 3. The van der Waals surface area contributed by atoms with Crippen LogP contribution < -0.4 is 19.9 Å². The summed E-state index contributed by atoms with van der Waals surface area (Å²) in [4.78, 5) is 24.6. The van der Waals surface area contributed by atoms with Crippen LogP contribution in [0.3, 0.4) is 0 Å². The van der Waals surface area contributed by atoms with Crippen LogP contribution in [0.4, 0.5) is 19.3 Å². The summed E-state index contributed by atoms with van der Waals surface area (Å²) in [5.41, 5.74) is 3.55. The first-order valence-electron chi connectivity index (χ1n) is 20.3. The van der Waals surface area contributed by atoms with Gasteiger partial charge in [-0.1, -0.05) is 27.7 Å². The van der Waals surface area contributed by atoms with Crippen LogP contribution in [-0.2, 0) is 20.0 Å². The van der Waals surface area contributed by atoms with Gasteiger partial charge in [0.25, 0.3) is 6.26 Å². The van der Waals surface area contributed by atoms with Gasteiger partial charge in [-0.15, -0.1) is 5.26 Å². The Morgan fingerprint density at radius 3 is 1.73 bits per heavy atom. The summed E-state index contributed by atoms with van der Waals surface area (Å²) in [7, 11) is -3.20. The monoisotopic (exact) mass is 918 g/mol. The van der Waals surface area contributed by atoms with Gasteiger partial charge in [0.05, 0.1) is 17.2 Å². The molecule has 2 unspecified atom stereocenters. The number of carbonyl (C=O) groups excluding carboxylic acids is 1. The standard InChI is InChI=1S/C22H26FN5O3S.C16H12FN3O.C6H14N2O2S/c1-14(2)19-9-17(23)10-20(16-4-6-25-18(8-16)11-24)21(19)26-22(29)27-32(30,31)13-15-5-7-28(3)12-15;1-10(2)14-6-12(17)7-15(16(14)21-9-19)11-3-4-20-13(5-11)8-18;1-8-3-2-6(4-8)5-11(7,9)10/h4,6,8-10,14-15H,5,7,12-13H2,1-3H3,(H2,26,27,29);3-7,10H,1-2H3;6H,2-5H2,1H3,(H2,7,9,10). The predicted octanol–water partition coefficient (Wildman–Crippen LogP) is 6.26. The van der Waals surface area contributed by atoms with Gasteiger partial charge < -0.3 is 19.9 Å². The molecule has 4 heterocycles. The molecule has 2 aliphatic heterocycles. The van der Waals surface area contributed by atoms with Crippen molar-refractivity contribution in [2.75, 3.05) is 57.1 Å². The zero-order valence-electron chi connectivity index (χ0n) is 36.5. The third kappa shape index (κ3) is 15.0. The van der Waals surface area contributed by atoms with Gasteiger partial charge in [0.1, 0.15) is 35.2 Å². The highest BCUT2D eigenvalue weighted by Crippen LogP contribution is 2.38. The Morgan fingerprint density at radius 2 is 1.28 bits per heavy atom. The van der Waals surface area contributed by atoms with E-state index in [9.17, 15) is 30.4 Å². The number of nitrogens with one attached hydrogen (secondary N) is 2. The number of primary sulfonamides is 1. The average Bonchev–Trinajstić information content (AvgIpc) is 3.83. The molecule has 2 aromatic heterocycles. The lowest BCUT2D eigenvalue weighted by atomic mass is 9.94. The Hall–Kier alpha value is -6.08. The summed E-state index contributed by atoms with van der Waals surface area (Å²) in [6.45, 7) is 10.8. The fourth-order valence-corrected chi connectivity index (χ4v) is 9.71. The van der Waals surface area contributed by atoms with Crippen molar-refractivity contribution in [3.8, 4) is 46.4 Å². The molecule has 2 amide bonds. The molecule has 2 aromatic carbocycles. The molecule has 2 atom stereocenters. The van der Waals surface area contributed by atoms with Gasteiger partial charge in [-0.3, -0.25) is 0 Å². The number of carbonyl (C=O) groups is 1. The Balaban J connectivity index is 0.000000239. The maximum absolute atomic E-state index is 14.4. The minimum absolute atomic E-state index is 0.0138. The van der Waals surface area contributed by atoms with E-state index in [0.717, 1.165) is 32.5 Å². The third-order valence-corrected chi connectivity index (χ3v) is 12.7. The number of aromatic nitrogens is 2. The normalized spacial score (nSPS) is 16.4. The molecule has 64 heavy (non-hydrogen) atoms. The highest BCUT2D eigenvalue weighted by atomic mass is 32.2. The first-order valence-corrected chi connectivity index (χ1v) is 23.6. The van der Waals surface area contributed by atoms with E-state index in [1.165, 1.54) is 48.8 Å². The van der Waals surface area contributed by atoms with E-state index in [2.05, 4.69) is 24.9 Å². The van der Waals surface area contributed by atoms with E-state index in [1.807, 2.05) is 58.8 Å². The molecule has 4 aromatic rings. The van der Waals surface area contributed by atoms with Crippen LogP contribution in [0.5, 0.6) is 5.75 Å². The topological polar surface area (TPSA) is 248 Å². The van der Waals surface area contributed by atoms with Crippen molar-refractivity contribution < 1.29 is 35.1 Å². The number of benzene rings is 2. The number of ether oxygens (including phenoxy) is 1. The van der Waals surface area contributed by atoms with Crippen LogP contribution in [0.25, 0.3) is 22.3 Å². The SMILES string of the molecule is CC(C)c1cc(F)cc(-c2ccnc(C#N)c2)c1NC(=O)NS(=O)(=O)CC1CCN(C)C1.CC(C)c1cc(F)cc(-c2ccnc(C#N)c2)c1OC#N.CN1CCC(CS(N)(=O)=O)C1. The fourth-order valence-electron chi connectivity index (χ4n) is 7.47. The highest BCUT2D eigenvalue weighted by molar-refractivity contribution is 7.90. The summed E-state index contributed by atoms with van der Waals surface area (Å²) in [5, 5.41) is 34.4. The Morgan fingerprint density at radius 1 is 0.797 bits per heavy atom. The van der Waals surface area contributed by atoms with Gasteiger partial charge in [0.2, 0.25) is 20.0 Å². The number of rotatable bonds is 11. The number of nitrogens with zero attached hydrogens (tertiary/aromatic N) is 7. The highest BCUT2D eigenvalue weighted by Gasteiger charge is 2.28. The number of halogens is 2. The van der Waals surface area contributed by atoms with E-state index in [0.29, 0.717) is 45.7 Å². The largest absolute Gasteiger partial charge is 0.387 e. The minimum atomic E-state index is -3.85. The van der Waals surface area contributed by atoms with Crippen LogP contribution in [-0.4, -0.2) is 94.4 Å². The first kappa shape index (κ1) is 50.6. The van der Waals surface area contributed by atoms with Crippen LogP contribution >= 0.6 is 0 Å². The molecule has 340 valence electrons. The quantitative estimate of drug-likeness (QED) is 0.141. The smallest absolute Gasteiger partial charge is 0.332 e. The van der Waals surface area contributed by atoms with Crippen molar-refractivity contribution in [1.82, 2.24) is 24.5 Å². The van der Waals surface area contributed by atoms with Crippen molar-refractivity contribution >= 4 is 31.8 Å². The molecule has 2 aliphatic rings. The molecule has 4 N–H and O–H groups in total. The van der Waals surface area contributed by atoms with Gasteiger partial charge in [-0.05, 0) is 129 Å². The summed E-state index contributed by atoms with van der Waals surface area (Å²) in [6.07, 6.45) is 6.22. The Bertz CT molecular complexity index is 2660. The molecular weight excluding hydrogens is 867 g/mol. The van der Waals surface area contributed by atoms with Crippen molar-refractivity contribution in [2.24, 2.45) is 17.0 Å². The molecule has 2 saturated heterocycles. The van der Waals surface area contributed by atoms with E-state index in [1.54, 1.807) is 18.4 Å². The van der Waals surface area contributed by atoms with Gasteiger partial charge in [-0.25, -0.2) is 50.2 Å². The molecule has 0 saturated carbocycles.